The molecule has 2 rings (SSSR count). The predicted octanol–water partition coefficient (Wildman–Crippen LogP) is 1.77. The topological polar surface area (TPSA) is 71.5 Å². The fourth-order valence-corrected chi connectivity index (χ4v) is 2.89. The number of rotatable bonds is 4. The number of ether oxygens (including phenoxy) is 1. The van der Waals surface area contributed by atoms with Gasteiger partial charge in [0.15, 0.2) is 0 Å². The van der Waals surface area contributed by atoms with Crippen molar-refractivity contribution in [3.8, 4) is 0 Å². The van der Waals surface area contributed by atoms with Crippen molar-refractivity contribution in [2.75, 3.05) is 13.2 Å². The fourth-order valence-electron chi connectivity index (χ4n) is 1.93. The number of carboxylic acid groups (broad SMARTS) is 1. The SMILES string of the molecule is CC(C)(C)c1csc(CNC2(C(=O)O)CCOC2)n1. The molecular formula is C13H20N2O3S. The molecule has 1 aliphatic heterocycles. The van der Waals surface area contributed by atoms with Crippen molar-refractivity contribution in [3.05, 3.63) is 16.1 Å². The first-order valence-electron chi connectivity index (χ1n) is 6.35. The molecular weight excluding hydrogens is 264 g/mol. The lowest BCUT2D eigenvalue weighted by Crippen LogP contribution is -2.52. The predicted molar refractivity (Wildman–Crippen MR) is 73.5 cm³/mol. The van der Waals surface area contributed by atoms with Crippen LogP contribution >= 0.6 is 11.3 Å². The summed E-state index contributed by atoms with van der Waals surface area (Å²) in [4.78, 5) is 15.9. The summed E-state index contributed by atoms with van der Waals surface area (Å²) in [7, 11) is 0. The average Bonchev–Trinajstić information content (AvgIpc) is 2.96. The van der Waals surface area contributed by atoms with Gasteiger partial charge in [-0.2, -0.15) is 0 Å². The van der Waals surface area contributed by atoms with Crippen molar-refractivity contribution in [2.45, 2.75) is 44.7 Å². The molecule has 1 aromatic heterocycles. The third kappa shape index (κ3) is 3.13. The van der Waals surface area contributed by atoms with E-state index in [1.165, 1.54) is 0 Å². The highest BCUT2D eigenvalue weighted by molar-refractivity contribution is 7.09. The van der Waals surface area contributed by atoms with Crippen LogP contribution in [0.2, 0.25) is 0 Å². The van der Waals surface area contributed by atoms with Crippen LogP contribution in [-0.4, -0.2) is 34.8 Å². The van der Waals surface area contributed by atoms with E-state index in [1.54, 1.807) is 11.3 Å². The Labute approximate surface area is 117 Å². The summed E-state index contributed by atoms with van der Waals surface area (Å²) in [5.41, 5.74) is 0.116. The second kappa shape index (κ2) is 5.19. The van der Waals surface area contributed by atoms with Crippen LogP contribution in [0.5, 0.6) is 0 Å². The molecule has 0 amide bonds. The van der Waals surface area contributed by atoms with Gasteiger partial charge in [0.05, 0.1) is 12.3 Å². The van der Waals surface area contributed by atoms with Crippen molar-refractivity contribution >= 4 is 17.3 Å². The quantitative estimate of drug-likeness (QED) is 0.881. The van der Waals surface area contributed by atoms with Crippen LogP contribution in [0, 0.1) is 0 Å². The lowest BCUT2D eigenvalue weighted by Gasteiger charge is -2.23. The summed E-state index contributed by atoms with van der Waals surface area (Å²) >= 11 is 1.56. The van der Waals surface area contributed by atoms with Gasteiger partial charge >= 0.3 is 5.97 Å². The van der Waals surface area contributed by atoms with Crippen LogP contribution in [0.3, 0.4) is 0 Å². The highest BCUT2D eigenvalue weighted by atomic mass is 32.1. The zero-order valence-corrected chi connectivity index (χ0v) is 12.3. The van der Waals surface area contributed by atoms with Crippen LogP contribution in [0.1, 0.15) is 37.9 Å². The maximum atomic E-state index is 11.3. The molecule has 1 saturated heterocycles. The summed E-state index contributed by atoms with van der Waals surface area (Å²) in [5.74, 6) is -0.849. The van der Waals surface area contributed by atoms with E-state index in [0.717, 1.165) is 10.7 Å². The van der Waals surface area contributed by atoms with Crippen LogP contribution in [-0.2, 0) is 21.5 Å². The molecule has 1 aromatic rings. The van der Waals surface area contributed by atoms with E-state index >= 15 is 0 Å². The van der Waals surface area contributed by atoms with E-state index in [4.69, 9.17) is 4.74 Å². The second-order valence-electron chi connectivity index (χ2n) is 5.92. The van der Waals surface area contributed by atoms with Gasteiger partial charge in [0.2, 0.25) is 0 Å². The van der Waals surface area contributed by atoms with E-state index in [2.05, 4.69) is 31.1 Å². The maximum absolute atomic E-state index is 11.3. The molecule has 0 spiro atoms. The Hall–Kier alpha value is -0.980. The molecule has 0 aliphatic carbocycles. The Balaban J connectivity index is 2.02. The van der Waals surface area contributed by atoms with Gasteiger partial charge in [-0.3, -0.25) is 10.1 Å². The number of aromatic nitrogens is 1. The second-order valence-corrected chi connectivity index (χ2v) is 6.86. The van der Waals surface area contributed by atoms with Gasteiger partial charge < -0.3 is 9.84 Å². The number of carboxylic acids is 1. The largest absolute Gasteiger partial charge is 0.480 e. The minimum absolute atomic E-state index is 0.0235. The molecule has 6 heteroatoms. The number of nitrogens with one attached hydrogen (secondary N) is 1. The van der Waals surface area contributed by atoms with E-state index in [0.29, 0.717) is 19.6 Å². The van der Waals surface area contributed by atoms with Crippen molar-refractivity contribution in [1.29, 1.82) is 0 Å². The van der Waals surface area contributed by atoms with Gasteiger partial charge in [-0.25, -0.2) is 4.98 Å². The summed E-state index contributed by atoms with van der Waals surface area (Å²) in [6.45, 7) is 7.52. The zero-order valence-electron chi connectivity index (χ0n) is 11.5. The standard InChI is InChI=1S/C13H20N2O3S/c1-12(2,3)9-7-19-10(15-9)6-14-13(11(16)17)4-5-18-8-13/h7,14H,4-6,8H2,1-3H3,(H,16,17). The van der Waals surface area contributed by atoms with Crippen molar-refractivity contribution in [1.82, 2.24) is 10.3 Å². The Bertz CT molecular complexity index is 459. The minimum atomic E-state index is -0.951. The normalized spacial score (nSPS) is 23.7. The number of aliphatic carboxylic acids is 1. The molecule has 1 atom stereocenters. The van der Waals surface area contributed by atoms with Gasteiger partial charge in [-0.1, -0.05) is 20.8 Å². The lowest BCUT2D eigenvalue weighted by atomic mass is 9.93. The van der Waals surface area contributed by atoms with E-state index in [1.807, 2.05) is 5.38 Å². The van der Waals surface area contributed by atoms with Crippen LogP contribution in [0.25, 0.3) is 0 Å². The van der Waals surface area contributed by atoms with Gasteiger partial charge in [0.1, 0.15) is 10.5 Å². The summed E-state index contributed by atoms with van der Waals surface area (Å²) in [6.07, 6.45) is 0.500. The molecule has 2 N–H and O–H groups in total. The lowest BCUT2D eigenvalue weighted by molar-refractivity contribution is -0.145. The van der Waals surface area contributed by atoms with Crippen LogP contribution in [0.4, 0.5) is 0 Å². The smallest absolute Gasteiger partial charge is 0.326 e. The van der Waals surface area contributed by atoms with Gasteiger partial charge in [-0.15, -0.1) is 11.3 Å². The average molecular weight is 284 g/mol. The number of carbonyl (C=O) groups is 1. The molecule has 0 bridgehead atoms. The van der Waals surface area contributed by atoms with Crippen molar-refractivity contribution < 1.29 is 14.6 Å². The van der Waals surface area contributed by atoms with Crippen molar-refractivity contribution in [2.24, 2.45) is 0 Å². The third-order valence-corrected chi connectivity index (χ3v) is 4.18. The summed E-state index contributed by atoms with van der Waals surface area (Å²) in [5, 5.41) is 15.4. The molecule has 19 heavy (non-hydrogen) atoms. The number of nitrogens with zero attached hydrogens (tertiary/aromatic N) is 1. The summed E-state index contributed by atoms with van der Waals surface area (Å²) < 4.78 is 5.21. The van der Waals surface area contributed by atoms with Crippen LogP contribution < -0.4 is 5.32 Å². The summed E-state index contributed by atoms with van der Waals surface area (Å²) in [6, 6.07) is 0. The number of hydrogen-bond donors (Lipinski definition) is 2. The molecule has 1 fully saturated rings. The zero-order chi connectivity index (χ0) is 14.1. The third-order valence-electron chi connectivity index (χ3n) is 3.33. The first-order chi connectivity index (χ1) is 8.83. The molecule has 0 aromatic carbocycles. The molecule has 0 saturated carbocycles. The first kappa shape index (κ1) is 14.4. The van der Waals surface area contributed by atoms with E-state index in [-0.39, 0.29) is 12.0 Å². The van der Waals surface area contributed by atoms with Gasteiger partial charge in [-0.05, 0) is 0 Å². The van der Waals surface area contributed by atoms with Crippen molar-refractivity contribution in [3.63, 3.8) is 0 Å². The Morgan fingerprint density at radius 1 is 1.63 bits per heavy atom. The first-order valence-corrected chi connectivity index (χ1v) is 7.22. The fraction of sp³-hybridized carbons (Fsp3) is 0.692. The monoisotopic (exact) mass is 284 g/mol. The van der Waals surface area contributed by atoms with Gasteiger partial charge in [0.25, 0.3) is 0 Å². The highest BCUT2D eigenvalue weighted by Gasteiger charge is 2.42. The Kier molecular flexibility index (Phi) is 3.94. The van der Waals surface area contributed by atoms with E-state index in [9.17, 15) is 9.90 Å². The van der Waals surface area contributed by atoms with E-state index < -0.39 is 11.5 Å². The number of hydrogen-bond acceptors (Lipinski definition) is 5. The Morgan fingerprint density at radius 3 is 2.84 bits per heavy atom. The number of thiazole rings is 1. The minimum Gasteiger partial charge on any atom is -0.480 e. The maximum Gasteiger partial charge on any atom is 0.326 e. The molecule has 0 radical (unpaired) electrons. The highest BCUT2D eigenvalue weighted by Crippen LogP contribution is 2.25. The molecule has 1 unspecified atom stereocenters. The Morgan fingerprint density at radius 2 is 2.37 bits per heavy atom. The molecule has 5 nitrogen and oxygen atoms in total. The van der Waals surface area contributed by atoms with Crippen LogP contribution in [0.15, 0.2) is 5.38 Å². The molecule has 106 valence electrons. The molecule has 2 heterocycles. The molecule has 1 aliphatic rings. The van der Waals surface area contributed by atoms with Gasteiger partial charge in [0, 0.05) is 30.4 Å².